The third-order valence-electron chi connectivity index (χ3n) is 3.48. The molecule has 0 amide bonds. The number of nitrogens with zero attached hydrogens (tertiary/aromatic N) is 3. The Balaban J connectivity index is 1.79. The lowest BCUT2D eigenvalue weighted by molar-refractivity contribution is 0.326. The highest BCUT2D eigenvalue weighted by molar-refractivity contribution is 7.11. The lowest BCUT2D eigenvalue weighted by Gasteiger charge is -2.12. The number of thiazole rings is 1. The molecule has 130 valence electrons. The summed E-state index contributed by atoms with van der Waals surface area (Å²) >= 11 is 1.76. The monoisotopic (exact) mass is 347 g/mol. The minimum absolute atomic E-state index is 0.614. The van der Waals surface area contributed by atoms with E-state index in [1.165, 1.54) is 4.88 Å². The summed E-state index contributed by atoms with van der Waals surface area (Å²) in [4.78, 5) is 14.3. The van der Waals surface area contributed by atoms with Gasteiger partial charge in [-0.25, -0.2) is 9.97 Å². The molecule has 2 rings (SSSR count). The maximum Gasteiger partial charge on any atom is 0.213 e. The van der Waals surface area contributed by atoms with Crippen molar-refractivity contribution in [2.45, 2.75) is 33.7 Å². The third kappa shape index (κ3) is 5.49. The zero-order valence-electron chi connectivity index (χ0n) is 14.7. The minimum Gasteiger partial charge on any atom is -0.478 e. The highest BCUT2D eigenvalue weighted by atomic mass is 32.1. The number of nitrogens with one attached hydrogen (secondary N) is 2. The van der Waals surface area contributed by atoms with Gasteiger partial charge < -0.3 is 15.4 Å². The fourth-order valence-electron chi connectivity index (χ4n) is 2.13. The van der Waals surface area contributed by atoms with Crippen molar-refractivity contribution in [3.8, 4) is 5.88 Å². The van der Waals surface area contributed by atoms with Gasteiger partial charge in [0.1, 0.15) is 0 Å². The fourth-order valence-corrected chi connectivity index (χ4v) is 3.06. The molecule has 2 aromatic rings. The summed E-state index contributed by atoms with van der Waals surface area (Å²) in [6.07, 6.45) is 2.65. The number of aromatic nitrogens is 2. The molecule has 0 aliphatic heterocycles. The Hall–Kier alpha value is -2.15. The largest absolute Gasteiger partial charge is 0.478 e. The molecule has 0 fully saturated rings. The van der Waals surface area contributed by atoms with Gasteiger partial charge in [-0.15, -0.1) is 11.3 Å². The molecule has 0 radical (unpaired) electrons. The first kappa shape index (κ1) is 18.2. The first-order valence-electron chi connectivity index (χ1n) is 8.07. The van der Waals surface area contributed by atoms with E-state index in [1.807, 2.05) is 19.1 Å². The Kier molecular flexibility index (Phi) is 6.99. The van der Waals surface area contributed by atoms with Gasteiger partial charge in [-0.05, 0) is 32.4 Å². The van der Waals surface area contributed by atoms with E-state index in [1.54, 1.807) is 24.6 Å². The van der Waals surface area contributed by atoms with Crippen LogP contribution in [0.5, 0.6) is 5.88 Å². The number of hydrogen-bond donors (Lipinski definition) is 2. The van der Waals surface area contributed by atoms with Crippen LogP contribution in [0.3, 0.4) is 0 Å². The molecular formula is C17H25N5OS. The lowest BCUT2D eigenvalue weighted by Crippen LogP contribution is -2.37. The molecule has 0 saturated heterocycles. The van der Waals surface area contributed by atoms with Crippen molar-refractivity contribution in [1.82, 2.24) is 20.6 Å². The van der Waals surface area contributed by atoms with Crippen LogP contribution in [0.4, 0.5) is 0 Å². The van der Waals surface area contributed by atoms with Gasteiger partial charge in [0, 0.05) is 43.7 Å². The van der Waals surface area contributed by atoms with Gasteiger partial charge in [-0.1, -0.05) is 0 Å². The van der Waals surface area contributed by atoms with Crippen molar-refractivity contribution in [3.05, 3.63) is 39.5 Å². The highest BCUT2D eigenvalue weighted by Gasteiger charge is 2.04. The number of guanidine groups is 1. The number of aryl methyl sites for hydroxylation is 2. The van der Waals surface area contributed by atoms with Crippen LogP contribution in [0.15, 0.2) is 23.3 Å². The van der Waals surface area contributed by atoms with Crippen molar-refractivity contribution < 1.29 is 4.74 Å². The van der Waals surface area contributed by atoms with Crippen LogP contribution in [-0.2, 0) is 13.0 Å². The van der Waals surface area contributed by atoms with Crippen molar-refractivity contribution in [2.24, 2.45) is 4.99 Å². The number of pyridine rings is 1. The summed E-state index contributed by atoms with van der Waals surface area (Å²) in [5.74, 6) is 1.42. The van der Waals surface area contributed by atoms with E-state index in [0.29, 0.717) is 19.0 Å². The molecule has 7 heteroatoms. The maximum absolute atomic E-state index is 5.41. The van der Waals surface area contributed by atoms with Crippen LogP contribution in [0.25, 0.3) is 0 Å². The predicted octanol–water partition coefficient (Wildman–Crippen LogP) is 2.46. The summed E-state index contributed by atoms with van der Waals surface area (Å²) in [6, 6.07) is 3.90. The van der Waals surface area contributed by atoms with Gasteiger partial charge in [-0.2, -0.15) is 0 Å². The minimum atomic E-state index is 0.614. The molecular weight excluding hydrogens is 322 g/mol. The Morgan fingerprint density at radius 3 is 2.83 bits per heavy atom. The van der Waals surface area contributed by atoms with Gasteiger partial charge >= 0.3 is 0 Å². The van der Waals surface area contributed by atoms with Crippen LogP contribution in [0.2, 0.25) is 0 Å². The lowest BCUT2D eigenvalue weighted by atomic mass is 10.2. The van der Waals surface area contributed by atoms with E-state index in [-0.39, 0.29) is 0 Å². The second-order valence-electron chi connectivity index (χ2n) is 5.29. The second-order valence-corrected chi connectivity index (χ2v) is 6.57. The molecule has 2 heterocycles. The summed E-state index contributed by atoms with van der Waals surface area (Å²) < 4.78 is 5.41. The molecule has 0 unspecified atom stereocenters. The van der Waals surface area contributed by atoms with E-state index < -0.39 is 0 Å². The average Bonchev–Trinajstić information content (AvgIpc) is 2.89. The van der Waals surface area contributed by atoms with Gasteiger partial charge in [0.25, 0.3) is 0 Å². The SMILES string of the molecule is CCOc1cc(CNC(=NC)NCCc2nc(C)c(C)s2)ccn1. The number of rotatable bonds is 7. The Bertz CT molecular complexity index is 664. The maximum atomic E-state index is 5.41. The predicted molar refractivity (Wildman–Crippen MR) is 98.9 cm³/mol. The first-order chi connectivity index (χ1) is 11.6. The Morgan fingerprint density at radius 2 is 2.17 bits per heavy atom. The molecule has 0 spiro atoms. The molecule has 2 N–H and O–H groups in total. The van der Waals surface area contributed by atoms with Gasteiger partial charge in [0.05, 0.1) is 17.3 Å². The van der Waals surface area contributed by atoms with E-state index >= 15 is 0 Å². The Labute approximate surface area is 147 Å². The van der Waals surface area contributed by atoms with Crippen LogP contribution in [0, 0.1) is 13.8 Å². The number of hydrogen-bond acceptors (Lipinski definition) is 5. The number of ether oxygens (including phenoxy) is 1. The van der Waals surface area contributed by atoms with Crippen LogP contribution < -0.4 is 15.4 Å². The standard InChI is InChI=1S/C17H25N5OS/c1-5-23-15-10-14(6-8-19-15)11-21-17(18-4)20-9-7-16-22-12(2)13(3)24-16/h6,8,10H,5,7,9,11H2,1-4H3,(H2,18,20,21). The van der Waals surface area contributed by atoms with E-state index in [2.05, 4.69) is 39.4 Å². The second kappa shape index (κ2) is 9.22. The summed E-state index contributed by atoms with van der Waals surface area (Å²) in [5.41, 5.74) is 2.22. The molecule has 0 atom stereocenters. The molecule has 24 heavy (non-hydrogen) atoms. The molecule has 0 aromatic carbocycles. The molecule has 0 bridgehead atoms. The quantitative estimate of drug-likeness (QED) is 0.595. The van der Waals surface area contributed by atoms with Gasteiger partial charge in [0.2, 0.25) is 5.88 Å². The van der Waals surface area contributed by atoms with Crippen LogP contribution in [0.1, 0.15) is 28.1 Å². The van der Waals surface area contributed by atoms with Crippen molar-refractivity contribution in [1.29, 1.82) is 0 Å². The molecule has 0 saturated carbocycles. The fraction of sp³-hybridized carbons (Fsp3) is 0.471. The average molecular weight is 347 g/mol. The van der Waals surface area contributed by atoms with Gasteiger partial charge in [0.15, 0.2) is 5.96 Å². The molecule has 0 aliphatic carbocycles. The summed E-state index contributed by atoms with van der Waals surface area (Å²) in [5, 5.41) is 7.77. The van der Waals surface area contributed by atoms with Crippen molar-refractivity contribution in [3.63, 3.8) is 0 Å². The summed E-state index contributed by atoms with van der Waals surface area (Å²) in [7, 11) is 1.77. The van der Waals surface area contributed by atoms with E-state index in [9.17, 15) is 0 Å². The van der Waals surface area contributed by atoms with Crippen LogP contribution >= 0.6 is 11.3 Å². The number of aliphatic imine (C=N–C) groups is 1. The third-order valence-corrected chi connectivity index (χ3v) is 4.61. The zero-order valence-corrected chi connectivity index (χ0v) is 15.5. The van der Waals surface area contributed by atoms with E-state index in [0.717, 1.165) is 35.2 Å². The van der Waals surface area contributed by atoms with E-state index in [4.69, 9.17) is 4.74 Å². The molecule has 6 nitrogen and oxygen atoms in total. The molecule has 2 aromatic heterocycles. The highest BCUT2D eigenvalue weighted by Crippen LogP contribution is 2.16. The van der Waals surface area contributed by atoms with Crippen LogP contribution in [-0.4, -0.2) is 36.1 Å². The molecule has 0 aliphatic rings. The first-order valence-corrected chi connectivity index (χ1v) is 8.89. The van der Waals surface area contributed by atoms with Crippen molar-refractivity contribution >= 4 is 17.3 Å². The van der Waals surface area contributed by atoms with Gasteiger partial charge in [-0.3, -0.25) is 4.99 Å². The smallest absolute Gasteiger partial charge is 0.213 e. The van der Waals surface area contributed by atoms with Crippen molar-refractivity contribution in [2.75, 3.05) is 20.2 Å². The summed E-state index contributed by atoms with van der Waals surface area (Å²) in [6.45, 7) is 8.18. The topological polar surface area (TPSA) is 71.4 Å². The normalized spacial score (nSPS) is 11.4. The zero-order chi connectivity index (χ0) is 17.4. The Morgan fingerprint density at radius 1 is 1.33 bits per heavy atom.